The highest BCUT2D eigenvalue weighted by Gasteiger charge is 2.28. The third-order valence-electron chi connectivity index (χ3n) is 3.50. The lowest BCUT2D eigenvalue weighted by Gasteiger charge is -2.12. The molecular weight excluding hydrogens is 363 g/mol. The van der Waals surface area contributed by atoms with Gasteiger partial charge in [0.15, 0.2) is 18.1 Å². The first-order valence-electron chi connectivity index (χ1n) is 8.20. The molecule has 2 aromatic carbocycles. The molecule has 2 aromatic rings. The summed E-state index contributed by atoms with van der Waals surface area (Å²) in [7, 11) is 1.49. The zero-order valence-corrected chi connectivity index (χ0v) is 14.9. The number of nitrogens with one attached hydrogen (secondary N) is 1. The normalized spacial score (nSPS) is 11.0. The zero-order chi connectivity index (χ0) is 19.9. The van der Waals surface area contributed by atoms with E-state index in [1.807, 2.05) is 6.92 Å². The van der Waals surface area contributed by atoms with Crippen LogP contribution in [0, 0.1) is 0 Å². The van der Waals surface area contributed by atoms with Gasteiger partial charge in [0.1, 0.15) is 5.75 Å². The smallest absolute Gasteiger partial charge is 0.422 e. The number of carbonyl (C=O) groups excluding carboxylic acids is 1. The van der Waals surface area contributed by atoms with Crippen LogP contribution in [0.2, 0.25) is 0 Å². The molecule has 1 amide bonds. The monoisotopic (exact) mass is 383 g/mol. The van der Waals surface area contributed by atoms with Crippen LogP contribution < -0.4 is 19.5 Å². The Morgan fingerprint density at radius 1 is 1.04 bits per heavy atom. The van der Waals surface area contributed by atoms with Gasteiger partial charge in [0.05, 0.1) is 13.7 Å². The molecule has 0 aromatic heterocycles. The Morgan fingerprint density at radius 2 is 1.74 bits per heavy atom. The lowest BCUT2D eigenvalue weighted by Crippen LogP contribution is -2.22. The van der Waals surface area contributed by atoms with Crippen molar-refractivity contribution in [2.45, 2.75) is 19.6 Å². The van der Waals surface area contributed by atoms with Crippen LogP contribution in [-0.4, -0.2) is 32.4 Å². The van der Waals surface area contributed by atoms with Crippen molar-refractivity contribution in [1.82, 2.24) is 5.32 Å². The number of methoxy groups -OCH3 is 1. The molecule has 0 saturated carbocycles. The van der Waals surface area contributed by atoms with Gasteiger partial charge in [-0.15, -0.1) is 0 Å². The fraction of sp³-hybridized carbons (Fsp3) is 0.316. The highest BCUT2D eigenvalue weighted by molar-refractivity contribution is 5.94. The van der Waals surface area contributed by atoms with Gasteiger partial charge in [0, 0.05) is 12.1 Å². The number of carbonyl (C=O) groups is 1. The topological polar surface area (TPSA) is 56.8 Å². The molecule has 0 aliphatic rings. The van der Waals surface area contributed by atoms with Gasteiger partial charge in [-0.25, -0.2) is 0 Å². The summed E-state index contributed by atoms with van der Waals surface area (Å²) in [6.45, 7) is 1.20. The predicted molar refractivity (Wildman–Crippen MR) is 93.3 cm³/mol. The van der Waals surface area contributed by atoms with Crippen LogP contribution in [0.5, 0.6) is 17.2 Å². The van der Waals surface area contributed by atoms with Gasteiger partial charge in [0.25, 0.3) is 5.91 Å². The van der Waals surface area contributed by atoms with Crippen molar-refractivity contribution in [3.8, 4) is 17.2 Å². The number of ether oxygens (including phenoxy) is 3. The maximum absolute atomic E-state index is 12.3. The number of hydrogen-bond donors (Lipinski definition) is 1. The van der Waals surface area contributed by atoms with E-state index >= 15 is 0 Å². The summed E-state index contributed by atoms with van der Waals surface area (Å²) >= 11 is 0. The molecule has 0 atom stereocenters. The minimum absolute atomic E-state index is 0.110. The maximum atomic E-state index is 12.3. The second kappa shape index (κ2) is 9.16. The van der Waals surface area contributed by atoms with Gasteiger partial charge in [-0.2, -0.15) is 13.2 Å². The number of rotatable bonds is 8. The first-order chi connectivity index (χ1) is 12.8. The number of amides is 1. The van der Waals surface area contributed by atoms with Crippen molar-refractivity contribution >= 4 is 5.91 Å². The minimum Gasteiger partial charge on any atom is -0.493 e. The highest BCUT2D eigenvalue weighted by atomic mass is 19.4. The Labute approximate surface area is 155 Å². The average molecular weight is 383 g/mol. The van der Waals surface area contributed by atoms with Crippen molar-refractivity contribution < 1.29 is 32.2 Å². The molecule has 0 aliphatic carbocycles. The molecule has 0 aliphatic heterocycles. The Kier molecular flexibility index (Phi) is 6.92. The number of alkyl halides is 3. The van der Waals surface area contributed by atoms with E-state index in [0.29, 0.717) is 23.7 Å². The minimum atomic E-state index is -4.38. The maximum Gasteiger partial charge on any atom is 0.422 e. The van der Waals surface area contributed by atoms with Crippen LogP contribution in [0.25, 0.3) is 0 Å². The predicted octanol–water partition coefficient (Wildman–Crippen LogP) is 3.97. The molecular formula is C19H20F3NO4. The van der Waals surface area contributed by atoms with Gasteiger partial charge in [0.2, 0.25) is 0 Å². The summed E-state index contributed by atoms with van der Waals surface area (Å²) in [5.41, 5.74) is 1.13. The molecule has 146 valence electrons. The van der Waals surface area contributed by atoms with Gasteiger partial charge in [-0.3, -0.25) is 4.79 Å². The Morgan fingerprint density at radius 3 is 2.33 bits per heavy atom. The first-order valence-corrected chi connectivity index (χ1v) is 8.20. The summed E-state index contributed by atoms with van der Waals surface area (Å²) in [5.74, 6) is 0.800. The molecule has 8 heteroatoms. The van der Waals surface area contributed by atoms with Gasteiger partial charge in [-0.05, 0) is 42.8 Å². The molecule has 0 radical (unpaired) electrons. The standard InChI is InChI=1S/C19H20F3NO4/c1-3-26-16-9-6-14(10-17(16)25-2)18(24)23-11-13-4-7-15(8-5-13)27-12-19(20,21)22/h4-10H,3,11-12H2,1-2H3,(H,23,24). The van der Waals surface area contributed by atoms with E-state index in [9.17, 15) is 18.0 Å². The van der Waals surface area contributed by atoms with Gasteiger partial charge < -0.3 is 19.5 Å². The Bertz CT molecular complexity index is 761. The molecule has 0 bridgehead atoms. The average Bonchev–Trinajstić information content (AvgIpc) is 2.65. The van der Waals surface area contributed by atoms with E-state index in [1.165, 1.54) is 19.2 Å². The largest absolute Gasteiger partial charge is 0.493 e. The molecule has 0 spiro atoms. The fourth-order valence-corrected chi connectivity index (χ4v) is 2.24. The van der Waals surface area contributed by atoms with Gasteiger partial charge >= 0.3 is 6.18 Å². The molecule has 5 nitrogen and oxygen atoms in total. The Balaban J connectivity index is 1.93. The summed E-state index contributed by atoms with van der Waals surface area (Å²) in [6, 6.07) is 10.9. The zero-order valence-electron chi connectivity index (χ0n) is 14.9. The molecule has 1 N–H and O–H groups in total. The quantitative estimate of drug-likeness (QED) is 0.750. The lowest BCUT2D eigenvalue weighted by atomic mass is 10.1. The molecule has 0 unspecified atom stereocenters. The summed E-state index contributed by atoms with van der Waals surface area (Å²) in [5, 5.41) is 2.74. The third-order valence-corrected chi connectivity index (χ3v) is 3.50. The summed E-state index contributed by atoms with van der Waals surface area (Å²) < 4.78 is 51.6. The molecule has 0 saturated heterocycles. The van der Waals surface area contributed by atoms with Crippen LogP contribution in [-0.2, 0) is 6.54 Å². The second-order valence-electron chi connectivity index (χ2n) is 5.53. The molecule has 2 rings (SSSR count). The summed E-state index contributed by atoms with van der Waals surface area (Å²) in [6.07, 6.45) is -4.38. The van der Waals surface area contributed by atoms with E-state index in [4.69, 9.17) is 9.47 Å². The highest BCUT2D eigenvalue weighted by Crippen LogP contribution is 2.28. The first kappa shape index (κ1) is 20.4. The van der Waals surface area contributed by atoms with Crippen molar-refractivity contribution in [3.05, 3.63) is 53.6 Å². The molecule has 0 heterocycles. The van der Waals surface area contributed by atoms with E-state index in [0.717, 1.165) is 5.56 Å². The number of halogens is 3. The van der Waals surface area contributed by atoms with E-state index in [-0.39, 0.29) is 18.2 Å². The van der Waals surface area contributed by atoms with Gasteiger partial charge in [-0.1, -0.05) is 12.1 Å². The molecule has 27 heavy (non-hydrogen) atoms. The Hall–Kier alpha value is -2.90. The molecule has 0 fully saturated rings. The SMILES string of the molecule is CCOc1ccc(C(=O)NCc2ccc(OCC(F)(F)F)cc2)cc1OC. The van der Waals surface area contributed by atoms with E-state index < -0.39 is 12.8 Å². The summed E-state index contributed by atoms with van der Waals surface area (Å²) in [4.78, 5) is 12.3. The number of benzene rings is 2. The fourth-order valence-electron chi connectivity index (χ4n) is 2.24. The van der Waals surface area contributed by atoms with Crippen molar-refractivity contribution in [1.29, 1.82) is 0 Å². The van der Waals surface area contributed by atoms with Crippen LogP contribution >= 0.6 is 0 Å². The van der Waals surface area contributed by atoms with Crippen LogP contribution in [0.3, 0.4) is 0 Å². The van der Waals surface area contributed by atoms with Crippen LogP contribution in [0.1, 0.15) is 22.8 Å². The van der Waals surface area contributed by atoms with Crippen LogP contribution in [0.4, 0.5) is 13.2 Å². The lowest BCUT2D eigenvalue weighted by molar-refractivity contribution is -0.153. The van der Waals surface area contributed by atoms with E-state index in [1.54, 1.807) is 30.3 Å². The third kappa shape index (κ3) is 6.40. The van der Waals surface area contributed by atoms with E-state index in [2.05, 4.69) is 10.1 Å². The van der Waals surface area contributed by atoms with Crippen molar-refractivity contribution in [2.75, 3.05) is 20.3 Å². The number of hydrogen-bond acceptors (Lipinski definition) is 4. The van der Waals surface area contributed by atoms with Crippen LogP contribution in [0.15, 0.2) is 42.5 Å². The van der Waals surface area contributed by atoms with Crippen molar-refractivity contribution in [3.63, 3.8) is 0 Å². The second-order valence-corrected chi connectivity index (χ2v) is 5.53. The van der Waals surface area contributed by atoms with Crippen molar-refractivity contribution in [2.24, 2.45) is 0 Å².